The Bertz CT molecular complexity index is 348. The van der Waals surface area contributed by atoms with E-state index in [1.165, 1.54) is 5.69 Å². The standard InChI is InChI=1S/C13H23N3OS/c1-12-14-13(11-18-12)10-16-7-5-15(6-8-16)4-2-3-9-17/h11,17H,2-10H2,1H3. The highest BCUT2D eigenvalue weighted by Crippen LogP contribution is 2.12. The van der Waals surface area contributed by atoms with Crippen molar-refractivity contribution in [3.63, 3.8) is 0 Å². The van der Waals surface area contributed by atoms with Gasteiger partial charge in [0.25, 0.3) is 0 Å². The molecule has 0 aliphatic carbocycles. The van der Waals surface area contributed by atoms with Crippen LogP contribution in [0.1, 0.15) is 23.5 Å². The van der Waals surface area contributed by atoms with Crippen LogP contribution in [0.25, 0.3) is 0 Å². The highest BCUT2D eigenvalue weighted by molar-refractivity contribution is 7.09. The SMILES string of the molecule is Cc1nc(CN2CCN(CCCCO)CC2)cs1. The van der Waals surface area contributed by atoms with Gasteiger partial charge in [0, 0.05) is 44.7 Å². The summed E-state index contributed by atoms with van der Waals surface area (Å²) in [5.74, 6) is 0. The van der Waals surface area contributed by atoms with Gasteiger partial charge in [-0.1, -0.05) is 0 Å². The third-order valence-corrected chi connectivity index (χ3v) is 4.22. The lowest BCUT2D eigenvalue weighted by Gasteiger charge is -2.34. The molecule has 2 heterocycles. The Kier molecular flexibility index (Phi) is 5.56. The molecule has 0 unspecified atom stereocenters. The van der Waals surface area contributed by atoms with Gasteiger partial charge in [-0.25, -0.2) is 4.98 Å². The molecule has 1 N–H and O–H groups in total. The summed E-state index contributed by atoms with van der Waals surface area (Å²) in [5.41, 5.74) is 1.21. The molecule has 0 spiro atoms. The predicted molar refractivity (Wildman–Crippen MR) is 74.9 cm³/mol. The van der Waals surface area contributed by atoms with Crippen molar-refractivity contribution in [1.29, 1.82) is 0 Å². The summed E-state index contributed by atoms with van der Waals surface area (Å²) in [5, 5.41) is 12.1. The Balaban J connectivity index is 1.67. The Morgan fingerprint density at radius 2 is 1.94 bits per heavy atom. The minimum absolute atomic E-state index is 0.323. The Morgan fingerprint density at radius 1 is 1.22 bits per heavy atom. The van der Waals surface area contributed by atoms with E-state index in [4.69, 9.17) is 5.11 Å². The van der Waals surface area contributed by atoms with Gasteiger partial charge in [0.15, 0.2) is 0 Å². The maximum atomic E-state index is 8.77. The van der Waals surface area contributed by atoms with Gasteiger partial charge in [-0.05, 0) is 26.3 Å². The van der Waals surface area contributed by atoms with E-state index in [0.29, 0.717) is 6.61 Å². The minimum atomic E-state index is 0.323. The van der Waals surface area contributed by atoms with E-state index in [0.717, 1.165) is 57.1 Å². The normalized spacial score (nSPS) is 18.3. The number of piperazine rings is 1. The van der Waals surface area contributed by atoms with E-state index in [2.05, 4.69) is 27.1 Å². The van der Waals surface area contributed by atoms with Crippen LogP contribution in [0.15, 0.2) is 5.38 Å². The molecule has 0 amide bonds. The van der Waals surface area contributed by atoms with Crippen LogP contribution >= 0.6 is 11.3 Å². The number of unbranched alkanes of at least 4 members (excludes halogenated alkanes) is 1. The molecule has 0 radical (unpaired) electrons. The molecule has 1 aliphatic rings. The first kappa shape index (κ1) is 13.9. The number of nitrogens with zero attached hydrogens (tertiary/aromatic N) is 3. The number of aliphatic hydroxyl groups excluding tert-OH is 1. The molecular formula is C13H23N3OS. The third kappa shape index (κ3) is 4.31. The summed E-state index contributed by atoms with van der Waals surface area (Å²) in [6.45, 7) is 9.07. The summed E-state index contributed by atoms with van der Waals surface area (Å²) >= 11 is 1.74. The Hall–Kier alpha value is -0.490. The van der Waals surface area contributed by atoms with Gasteiger partial charge >= 0.3 is 0 Å². The summed E-state index contributed by atoms with van der Waals surface area (Å²) in [6.07, 6.45) is 2.04. The summed E-state index contributed by atoms with van der Waals surface area (Å²) in [6, 6.07) is 0. The van der Waals surface area contributed by atoms with Crippen LogP contribution in [0.4, 0.5) is 0 Å². The smallest absolute Gasteiger partial charge is 0.0897 e. The predicted octanol–water partition coefficient (Wildman–Crippen LogP) is 1.34. The van der Waals surface area contributed by atoms with Crippen molar-refractivity contribution in [3.05, 3.63) is 16.1 Å². The topological polar surface area (TPSA) is 39.6 Å². The van der Waals surface area contributed by atoms with E-state index in [-0.39, 0.29) is 0 Å². The van der Waals surface area contributed by atoms with Crippen molar-refractivity contribution in [2.45, 2.75) is 26.3 Å². The van der Waals surface area contributed by atoms with Gasteiger partial charge in [-0.2, -0.15) is 0 Å². The van der Waals surface area contributed by atoms with Crippen LogP contribution < -0.4 is 0 Å². The van der Waals surface area contributed by atoms with Crippen LogP contribution in [0.3, 0.4) is 0 Å². The second kappa shape index (κ2) is 7.19. The molecule has 4 nitrogen and oxygen atoms in total. The molecule has 18 heavy (non-hydrogen) atoms. The molecule has 0 saturated carbocycles. The van der Waals surface area contributed by atoms with Crippen molar-refractivity contribution < 1.29 is 5.11 Å². The monoisotopic (exact) mass is 269 g/mol. The van der Waals surface area contributed by atoms with Crippen LogP contribution in [-0.2, 0) is 6.54 Å². The molecule has 2 rings (SSSR count). The molecule has 1 aromatic heterocycles. The molecule has 1 saturated heterocycles. The average molecular weight is 269 g/mol. The highest BCUT2D eigenvalue weighted by atomic mass is 32.1. The molecule has 5 heteroatoms. The number of thiazole rings is 1. The van der Waals surface area contributed by atoms with E-state index in [1.54, 1.807) is 11.3 Å². The quantitative estimate of drug-likeness (QED) is 0.791. The molecule has 0 bridgehead atoms. The lowest BCUT2D eigenvalue weighted by molar-refractivity contribution is 0.123. The number of rotatable bonds is 6. The lowest BCUT2D eigenvalue weighted by Crippen LogP contribution is -2.46. The highest BCUT2D eigenvalue weighted by Gasteiger charge is 2.17. The van der Waals surface area contributed by atoms with Gasteiger partial charge in [-0.15, -0.1) is 11.3 Å². The molecule has 0 aromatic carbocycles. The van der Waals surface area contributed by atoms with E-state index in [9.17, 15) is 0 Å². The van der Waals surface area contributed by atoms with Crippen molar-refractivity contribution >= 4 is 11.3 Å². The zero-order valence-electron chi connectivity index (χ0n) is 11.1. The summed E-state index contributed by atoms with van der Waals surface area (Å²) in [7, 11) is 0. The molecule has 0 atom stereocenters. The summed E-state index contributed by atoms with van der Waals surface area (Å²) < 4.78 is 0. The Labute approximate surface area is 113 Å². The largest absolute Gasteiger partial charge is 0.396 e. The first-order valence-electron chi connectivity index (χ1n) is 6.74. The number of hydrogen-bond acceptors (Lipinski definition) is 5. The van der Waals surface area contributed by atoms with Crippen molar-refractivity contribution in [2.75, 3.05) is 39.3 Å². The zero-order valence-corrected chi connectivity index (χ0v) is 12.0. The molecule has 1 fully saturated rings. The van der Waals surface area contributed by atoms with Crippen LogP contribution in [0.5, 0.6) is 0 Å². The fourth-order valence-corrected chi connectivity index (χ4v) is 2.93. The van der Waals surface area contributed by atoms with Crippen molar-refractivity contribution in [1.82, 2.24) is 14.8 Å². The fraction of sp³-hybridized carbons (Fsp3) is 0.769. The zero-order chi connectivity index (χ0) is 12.8. The third-order valence-electron chi connectivity index (χ3n) is 3.40. The van der Waals surface area contributed by atoms with Crippen molar-refractivity contribution in [3.8, 4) is 0 Å². The molecule has 102 valence electrons. The van der Waals surface area contributed by atoms with Gasteiger partial charge in [0.1, 0.15) is 0 Å². The van der Waals surface area contributed by atoms with E-state index >= 15 is 0 Å². The number of aryl methyl sites for hydroxylation is 1. The number of hydrogen-bond donors (Lipinski definition) is 1. The van der Waals surface area contributed by atoms with Crippen LogP contribution in [0.2, 0.25) is 0 Å². The maximum Gasteiger partial charge on any atom is 0.0897 e. The number of aromatic nitrogens is 1. The first-order valence-corrected chi connectivity index (χ1v) is 7.62. The van der Waals surface area contributed by atoms with Gasteiger partial charge in [-0.3, -0.25) is 4.90 Å². The minimum Gasteiger partial charge on any atom is -0.396 e. The van der Waals surface area contributed by atoms with Gasteiger partial charge < -0.3 is 10.0 Å². The first-order chi connectivity index (χ1) is 8.78. The molecule has 1 aromatic rings. The number of aliphatic hydroxyl groups is 1. The fourth-order valence-electron chi connectivity index (χ4n) is 2.33. The lowest BCUT2D eigenvalue weighted by atomic mass is 10.2. The second-order valence-corrected chi connectivity index (χ2v) is 5.97. The van der Waals surface area contributed by atoms with E-state index in [1.807, 2.05) is 0 Å². The summed E-state index contributed by atoms with van der Waals surface area (Å²) in [4.78, 5) is 9.50. The van der Waals surface area contributed by atoms with Gasteiger partial charge in [0.2, 0.25) is 0 Å². The van der Waals surface area contributed by atoms with Crippen LogP contribution in [-0.4, -0.2) is 59.2 Å². The maximum absolute atomic E-state index is 8.77. The molecular weight excluding hydrogens is 246 g/mol. The van der Waals surface area contributed by atoms with Crippen molar-refractivity contribution in [2.24, 2.45) is 0 Å². The molecule has 1 aliphatic heterocycles. The second-order valence-electron chi connectivity index (χ2n) is 4.91. The van der Waals surface area contributed by atoms with Crippen LogP contribution in [0, 0.1) is 6.92 Å². The Morgan fingerprint density at radius 3 is 2.56 bits per heavy atom. The van der Waals surface area contributed by atoms with Gasteiger partial charge in [0.05, 0.1) is 10.7 Å². The average Bonchev–Trinajstić information content (AvgIpc) is 2.77. The van der Waals surface area contributed by atoms with E-state index < -0.39 is 0 Å².